The summed E-state index contributed by atoms with van der Waals surface area (Å²) in [6.07, 6.45) is 0.814. The molecule has 0 N–H and O–H groups in total. The number of hydrogen-bond acceptors (Lipinski definition) is 8. The van der Waals surface area contributed by atoms with Crippen LogP contribution in [0.4, 0.5) is 5.69 Å². The van der Waals surface area contributed by atoms with Crippen LogP contribution in [0.15, 0.2) is 71.3 Å². The first kappa shape index (κ1) is 26.6. The molecule has 0 fully saturated rings. The summed E-state index contributed by atoms with van der Waals surface area (Å²) in [7, 11) is 3.12. The van der Waals surface area contributed by atoms with Crippen LogP contribution in [-0.4, -0.2) is 53.2 Å². The number of amides is 1. The zero-order valence-corrected chi connectivity index (χ0v) is 21.6. The lowest BCUT2D eigenvalue weighted by Gasteiger charge is -2.22. The SMILES string of the molecule is COc1ccc(CCN(CCc2nc(-c3ccc(Cl)cc3)no2)C(=O)c2cccc([N+](=O)[O-])c2)cc1OC. The van der Waals surface area contributed by atoms with E-state index in [2.05, 4.69) is 10.1 Å². The molecule has 10 nitrogen and oxygen atoms in total. The number of carbonyl (C=O) groups excluding carboxylic acids is 1. The van der Waals surface area contributed by atoms with Crippen molar-refractivity contribution in [3.8, 4) is 22.9 Å². The van der Waals surface area contributed by atoms with E-state index >= 15 is 0 Å². The number of non-ortho nitro benzene ring substituents is 1. The van der Waals surface area contributed by atoms with E-state index in [-0.39, 0.29) is 23.7 Å². The molecule has 0 saturated heterocycles. The molecule has 11 heteroatoms. The number of nitro groups is 1. The summed E-state index contributed by atoms with van der Waals surface area (Å²) < 4.78 is 16.1. The fraction of sp³-hybridized carbons (Fsp3) is 0.222. The minimum absolute atomic E-state index is 0.153. The summed E-state index contributed by atoms with van der Waals surface area (Å²) >= 11 is 5.95. The Morgan fingerprint density at radius 3 is 2.45 bits per heavy atom. The molecule has 0 aliphatic heterocycles. The van der Waals surface area contributed by atoms with Crippen molar-refractivity contribution in [3.63, 3.8) is 0 Å². The maximum Gasteiger partial charge on any atom is 0.270 e. The fourth-order valence-electron chi connectivity index (χ4n) is 3.85. The highest BCUT2D eigenvalue weighted by atomic mass is 35.5. The van der Waals surface area contributed by atoms with E-state index in [1.165, 1.54) is 18.2 Å². The molecular formula is C27H25ClN4O6. The van der Waals surface area contributed by atoms with Crippen LogP contribution in [0.1, 0.15) is 21.8 Å². The molecule has 0 unspecified atom stereocenters. The summed E-state index contributed by atoms with van der Waals surface area (Å²) in [6, 6.07) is 18.3. The first-order valence-corrected chi connectivity index (χ1v) is 12.1. The Hall–Kier alpha value is -4.44. The van der Waals surface area contributed by atoms with Gasteiger partial charge in [-0.3, -0.25) is 14.9 Å². The predicted molar refractivity (Wildman–Crippen MR) is 141 cm³/mol. The van der Waals surface area contributed by atoms with Crippen LogP contribution in [0.3, 0.4) is 0 Å². The average molecular weight is 537 g/mol. The lowest BCUT2D eigenvalue weighted by atomic mass is 10.1. The van der Waals surface area contributed by atoms with E-state index in [0.29, 0.717) is 47.6 Å². The third-order valence-corrected chi connectivity index (χ3v) is 6.13. The molecule has 0 bridgehead atoms. The van der Waals surface area contributed by atoms with Crippen LogP contribution in [0.25, 0.3) is 11.4 Å². The molecule has 4 aromatic rings. The van der Waals surface area contributed by atoms with E-state index in [1.54, 1.807) is 55.5 Å². The number of benzene rings is 3. The minimum atomic E-state index is -0.526. The van der Waals surface area contributed by atoms with Crippen molar-refractivity contribution >= 4 is 23.2 Å². The van der Waals surface area contributed by atoms with Crippen molar-refractivity contribution in [2.24, 2.45) is 0 Å². The van der Waals surface area contributed by atoms with Gasteiger partial charge in [-0.05, 0) is 54.4 Å². The number of halogens is 1. The van der Waals surface area contributed by atoms with Crippen molar-refractivity contribution < 1.29 is 23.7 Å². The highest BCUT2D eigenvalue weighted by molar-refractivity contribution is 6.30. The third kappa shape index (κ3) is 6.46. The second-order valence-electron chi connectivity index (χ2n) is 8.31. The Labute approximate surface area is 223 Å². The van der Waals surface area contributed by atoms with Crippen molar-refractivity contribution in [3.05, 3.63) is 98.9 Å². The van der Waals surface area contributed by atoms with Crippen LogP contribution in [0, 0.1) is 10.1 Å². The monoisotopic (exact) mass is 536 g/mol. The largest absolute Gasteiger partial charge is 0.493 e. The van der Waals surface area contributed by atoms with Crippen LogP contribution in [0.5, 0.6) is 11.5 Å². The van der Waals surface area contributed by atoms with Crippen LogP contribution in [-0.2, 0) is 12.8 Å². The summed E-state index contributed by atoms with van der Waals surface area (Å²) in [5.74, 6) is 1.62. The molecule has 38 heavy (non-hydrogen) atoms. The Kier molecular flexibility index (Phi) is 8.55. The first-order valence-electron chi connectivity index (χ1n) is 11.7. The van der Waals surface area contributed by atoms with Gasteiger partial charge in [0, 0.05) is 47.8 Å². The quantitative estimate of drug-likeness (QED) is 0.188. The first-order chi connectivity index (χ1) is 18.4. The Morgan fingerprint density at radius 1 is 1.00 bits per heavy atom. The molecule has 4 rings (SSSR count). The van der Waals surface area contributed by atoms with Gasteiger partial charge in [-0.15, -0.1) is 0 Å². The van der Waals surface area contributed by atoms with Crippen molar-refractivity contribution in [1.29, 1.82) is 0 Å². The van der Waals surface area contributed by atoms with Crippen LogP contribution < -0.4 is 9.47 Å². The maximum absolute atomic E-state index is 13.4. The van der Waals surface area contributed by atoms with E-state index in [0.717, 1.165) is 11.1 Å². The number of hydrogen-bond donors (Lipinski definition) is 0. The maximum atomic E-state index is 13.4. The van der Waals surface area contributed by atoms with E-state index < -0.39 is 4.92 Å². The molecule has 0 radical (unpaired) electrons. The highest BCUT2D eigenvalue weighted by Gasteiger charge is 2.20. The number of nitro benzene ring substituents is 1. The zero-order valence-electron chi connectivity index (χ0n) is 20.8. The number of methoxy groups -OCH3 is 2. The third-order valence-electron chi connectivity index (χ3n) is 5.88. The normalized spacial score (nSPS) is 10.7. The molecule has 1 heterocycles. The van der Waals surface area contributed by atoms with Crippen molar-refractivity contribution in [2.75, 3.05) is 27.3 Å². The summed E-state index contributed by atoms with van der Waals surface area (Å²) in [5, 5.41) is 15.9. The Morgan fingerprint density at radius 2 is 1.74 bits per heavy atom. The van der Waals surface area contributed by atoms with E-state index in [1.807, 2.05) is 12.1 Å². The molecule has 1 aromatic heterocycles. The number of nitrogens with zero attached hydrogens (tertiary/aromatic N) is 4. The number of aromatic nitrogens is 2. The molecule has 0 saturated carbocycles. The predicted octanol–water partition coefficient (Wildman–Crippen LogP) is 5.24. The zero-order chi connectivity index (χ0) is 27.1. The van der Waals surface area contributed by atoms with Gasteiger partial charge in [-0.2, -0.15) is 4.98 Å². The van der Waals surface area contributed by atoms with Gasteiger partial charge < -0.3 is 18.9 Å². The second kappa shape index (κ2) is 12.2. The number of ether oxygens (including phenoxy) is 2. The smallest absolute Gasteiger partial charge is 0.270 e. The van der Waals surface area contributed by atoms with Gasteiger partial charge in [-0.25, -0.2) is 0 Å². The molecule has 0 aliphatic carbocycles. The molecule has 0 spiro atoms. The second-order valence-corrected chi connectivity index (χ2v) is 8.74. The van der Waals surface area contributed by atoms with Gasteiger partial charge >= 0.3 is 0 Å². The van der Waals surface area contributed by atoms with Gasteiger partial charge in [-0.1, -0.05) is 28.9 Å². The molecule has 0 aliphatic rings. The summed E-state index contributed by atoms with van der Waals surface area (Å²) in [5.41, 5.74) is 1.75. The lowest BCUT2D eigenvalue weighted by molar-refractivity contribution is -0.384. The molecule has 1 amide bonds. The van der Waals surface area contributed by atoms with Crippen LogP contribution in [0.2, 0.25) is 5.02 Å². The Balaban J connectivity index is 1.52. The lowest BCUT2D eigenvalue weighted by Crippen LogP contribution is -2.35. The van der Waals surface area contributed by atoms with Crippen molar-refractivity contribution in [2.45, 2.75) is 12.8 Å². The fourth-order valence-corrected chi connectivity index (χ4v) is 3.98. The van der Waals surface area contributed by atoms with Gasteiger partial charge in [0.1, 0.15) is 0 Å². The minimum Gasteiger partial charge on any atom is -0.493 e. The van der Waals surface area contributed by atoms with Gasteiger partial charge in [0.25, 0.3) is 11.6 Å². The molecule has 196 valence electrons. The number of rotatable bonds is 11. The summed E-state index contributed by atoms with van der Waals surface area (Å²) in [4.78, 5) is 30.2. The van der Waals surface area contributed by atoms with Gasteiger partial charge in [0.15, 0.2) is 11.5 Å². The van der Waals surface area contributed by atoms with E-state index in [9.17, 15) is 14.9 Å². The van der Waals surface area contributed by atoms with Crippen molar-refractivity contribution in [1.82, 2.24) is 15.0 Å². The van der Waals surface area contributed by atoms with Gasteiger partial charge in [0.2, 0.25) is 11.7 Å². The number of carbonyl (C=O) groups is 1. The summed E-state index contributed by atoms with van der Waals surface area (Å²) in [6.45, 7) is 0.603. The molecule has 3 aromatic carbocycles. The van der Waals surface area contributed by atoms with Crippen LogP contribution >= 0.6 is 11.6 Å². The average Bonchev–Trinajstić information content (AvgIpc) is 3.42. The topological polar surface area (TPSA) is 121 Å². The van der Waals surface area contributed by atoms with E-state index in [4.69, 9.17) is 25.6 Å². The van der Waals surface area contributed by atoms with Gasteiger partial charge in [0.05, 0.1) is 19.1 Å². The highest BCUT2D eigenvalue weighted by Crippen LogP contribution is 2.28. The Bertz CT molecular complexity index is 1420. The standard InChI is InChI=1S/C27H25ClN4O6/c1-36-23-11-6-18(16-24(23)37-2)12-14-31(27(33)20-4-3-5-22(17-20)32(34)35)15-13-25-29-26(30-38-25)19-7-9-21(28)10-8-19/h3-11,16-17H,12-15H2,1-2H3. The molecular weight excluding hydrogens is 512 g/mol. The molecule has 0 atom stereocenters.